The number of aromatic amines is 1. The van der Waals surface area contributed by atoms with E-state index in [0.29, 0.717) is 5.69 Å². The molecule has 0 atom stereocenters. The highest BCUT2D eigenvalue weighted by Gasteiger charge is 2.13. The number of pyridine rings is 2. The van der Waals surface area contributed by atoms with Crippen molar-refractivity contribution in [3.05, 3.63) is 74.8 Å². The van der Waals surface area contributed by atoms with E-state index < -0.39 is 11.2 Å². The van der Waals surface area contributed by atoms with E-state index in [1.54, 1.807) is 6.20 Å². The average Bonchev–Trinajstić information content (AvgIpc) is 2.54. The van der Waals surface area contributed by atoms with Crippen molar-refractivity contribution in [2.75, 3.05) is 0 Å². The van der Waals surface area contributed by atoms with Gasteiger partial charge in [-0.15, -0.1) is 0 Å². The van der Waals surface area contributed by atoms with Crippen LogP contribution in [-0.4, -0.2) is 19.5 Å². The maximum Gasteiger partial charge on any atom is 0.334 e. The molecule has 0 fully saturated rings. The van der Waals surface area contributed by atoms with Crippen LogP contribution < -0.4 is 11.2 Å². The third kappa shape index (κ3) is 2.11. The van der Waals surface area contributed by atoms with E-state index in [-0.39, 0.29) is 16.2 Å². The van der Waals surface area contributed by atoms with E-state index in [4.69, 9.17) is 11.6 Å². The van der Waals surface area contributed by atoms with Crippen molar-refractivity contribution in [3.8, 4) is 5.69 Å². The first-order chi connectivity index (χ1) is 11.1. The van der Waals surface area contributed by atoms with Gasteiger partial charge in [-0.3, -0.25) is 14.8 Å². The number of hydrogen-bond acceptors (Lipinski definition) is 4. The van der Waals surface area contributed by atoms with Gasteiger partial charge >= 0.3 is 5.69 Å². The standard InChI is InChI=1S/C16H9ClN4O2/c17-13-6-5-11-14(19-13)20-16(23)21(15(11)22)12-8-18-7-9-3-1-2-4-10(9)12/h1-8H,(H,19,20,23). The van der Waals surface area contributed by atoms with Crippen molar-refractivity contribution in [1.82, 2.24) is 19.5 Å². The fraction of sp³-hybridized carbons (Fsp3) is 0. The van der Waals surface area contributed by atoms with Crippen molar-refractivity contribution in [1.29, 1.82) is 0 Å². The summed E-state index contributed by atoms with van der Waals surface area (Å²) in [5, 5.41) is 2.08. The van der Waals surface area contributed by atoms with E-state index in [1.807, 2.05) is 24.3 Å². The van der Waals surface area contributed by atoms with Crippen molar-refractivity contribution in [3.63, 3.8) is 0 Å². The van der Waals surface area contributed by atoms with Crippen LogP contribution in [0.4, 0.5) is 0 Å². The summed E-state index contributed by atoms with van der Waals surface area (Å²) in [5.41, 5.74) is -0.468. The molecule has 1 aromatic carbocycles. The molecular formula is C16H9ClN4O2. The van der Waals surface area contributed by atoms with Gasteiger partial charge in [-0.25, -0.2) is 14.3 Å². The predicted molar refractivity (Wildman–Crippen MR) is 88.3 cm³/mol. The normalized spacial score (nSPS) is 11.2. The fourth-order valence-corrected chi connectivity index (χ4v) is 2.72. The number of hydrogen-bond donors (Lipinski definition) is 1. The summed E-state index contributed by atoms with van der Waals surface area (Å²) < 4.78 is 1.06. The molecule has 23 heavy (non-hydrogen) atoms. The minimum absolute atomic E-state index is 0.164. The second kappa shape index (κ2) is 5.03. The maximum absolute atomic E-state index is 12.7. The van der Waals surface area contributed by atoms with Crippen LogP contribution in [0, 0.1) is 0 Å². The van der Waals surface area contributed by atoms with Gasteiger partial charge in [0.1, 0.15) is 10.8 Å². The van der Waals surface area contributed by atoms with Gasteiger partial charge < -0.3 is 0 Å². The van der Waals surface area contributed by atoms with Gasteiger partial charge in [0, 0.05) is 17.0 Å². The Labute approximate surface area is 134 Å². The maximum atomic E-state index is 12.7. The summed E-state index contributed by atoms with van der Waals surface area (Å²) in [5.74, 6) is 0. The first kappa shape index (κ1) is 13.7. The monoisotopic (exact) mass is 324 g/mol. The van der Waals surface area contributed by atoms with Crippen LogP contribution in [0.15, 0.2) is 58.4 Å². The first-order valence-electron chi connectivity index (χ1n) is 6.80. The number of halogens is 1. The summed E-state index contributed by atoms with van der Waals surface area (Å²) >= 11 is 5.81. The molecule has 7 heteroatoms. The molecule has 3 aromatic heterocycles. The number of rotatable bonds is 1. The van der Waals surface area contributed by atoms with Crippen LogP contribution in [-0.2, 0) is 0 Å². The van der Waals surface area contributed by atoms with Gasteiger partial charge in [0.25, 0.3) is 5.56 Å². The molecule has 0 aliphatic heterocycles. The average molecular weight is 325 g/mol. The smallest absolute Gasteiger partial charge is 0.291 e. The number of benzene rings is 1. The van der Waals surface area contributed by atoms with Crippen LogP contribution >= 0.6 is 11.6 Å². The Hall–Kier alpha value is -2.99. The van der Waals surface area contributed by atoms with E-state index in [2.05, 4.69) is 15.0 Å². The molecule has 3 heterocycles. The van der Waals surface area contributed by atoms with Crippen LogP contribution in [0.3, 0.4) is 0 Å². The quantitative estimate of drug-likeness (QED) is 0.545. The summed E-state index contributed by atoms with van der Waals surface area (Å²) in [6, 6.07) is 10.5. The molecule has 112 valence electrons. The number of nitrogens with one attached hydrogen (secondary N) is 1. The van der Waals surface area contributed by atoms with Crippen molar-refractivity contribution >= 4 is 33.4 Å². The molecule has 0 saturated heterocycles. The van der Waals surface area contributed by atoms with E-state index in [1.165, 1.54) is 18.3 Å². The zero-order valence-corrected chi connectivity index (χ0v) is 12.4. The molecular weight excluding hydrogens is 316 g/mol. The highest BCUT2D eigenvalue weighted by atomic mass is 35.5. The Morgan fingerprint density at radius 2 is 1.83 bits per heavy atom. The molecule has 4 aromatic rings. The first-order valence-corrected chi connectivity index (χ1v) is 7.18. The number of aromatic nitrogens is 4. The highest BCUT2D eigenvalue weighted by Crippen LogP contribution is 2.19. The molecule has 6 nitrogen and oxygen atoms in total. The summed E-state index contributed by atoms with van der Waals surface area (Å²) in [7, 11) is 0. The number of H-pyrrole nitrogens is 1. The van der Waals surface area contributed by atoms with Gasteiger partial charge in [0.2, 0.25) is 0 Å². The molecule has 1 N–H and O–H groups in total. The lowest BCUT2D eigenvalue weighted by molar-refractivity contribution is 0.896. The van der Waals surface area contributed by atoms with Gasteiger partial charge in [0.05, 0.1) is 17.3 Å². The molecule has 0 aliphatic rings. The second-order valence-electron chi connectivity index (χ2n) is 4.98. The van der Waals surface area contributed by atoms with Crippen molar-refractivity contribution in [2.45, 2.75) is 0 Å². The van der Waals surface area contributed by atoms with Crippen LogP contribution in [0.1, 0.15) is 0 Å². The Morgan fingerprint density at radius 3 is 2.70 bits per heavy atom. The van der Waals surface area contributed by atoms with Gasteiger partial charge in [-0.1, -0.05) is 35.9 Å². The van der Waals surface area contributed by atoms with Crippen LogP contribution in [0.5, 0.6) is 0 Å². The largest absolute Gasteiger partial charge is 0.334 e. The minimum Gasteiger partial charge on any atom is -0.291 e. The molecule has 0 amide bonds. The Morgan fingerprint density at radius 1 is 1.00 bits per heavy atom. The van der Waals surface area contributed by atoms with Crippen molar-refractivity contribution in [2.24, 2.45) is 0 Å². The summed E-state index contributed by atoms with van der Waals surface area (Å²) in [6.07, 6.45) is 3.18. The number of nitrogens with zero attached hydrogens (tertiary/aromatic N) is 3. The zero-order chi connectivity index (χ0) is 16.0. The molecule has 0 aliphatic carbocycles. The second-order valence-corrected chi connectivity index (χ2v) is 5.37. The third-order valence-corrected chi connectivity index (χ3v) is 3.82. The van der Waals surface area contributed by atoms with E-state index >= 15 is 0 Å². The molecule has 0 saturated carbocycles. The fourth-order valence-electron chi connectivity index (χ4n) is 2.57. The Kier molecular flexibility index (Phi) is 2.99. The lowest BCUT2D eigenvalue weighted by atomic mass is 10.1. The SMILES string of the molecule is O=c1[nH]c2nc(Cl)ccc2c(=O)n1-c1cncc2ccccc12. The summed E-state index contributed by atoms with van der Waals surface area (Å²) in [6.45, 7) is 0. The molecule has 0 radical (unpaired) electrons. The third-order valence-electron chi connectivity index (χ3n) is 3.61. The van der Waals surface area contributed by atoms with Gasteiger partial charge in [-0.2, -0.15) is 0 Å². The lowest BCUT2D eigenvalue weighted by Crippen LogP contribution is -2.34. The molecule has 0 spiro atoms. The minimum atomic E-state index is -0.588. The Balaban J connectivity index is 2.15. The van der Waals surface area contributed by atoms with Crippen molar-refractivity contribution < 1.29 is 0 Å². The molecule has 0 bridgehead atoms. The highest BCUT2D eigenvalue weighted by molar-refractivity contribution is 6.29. The lowest BCUT2D eigenvalue weighted by Gasteiger charge is -2.08. The van der Waals surface area contributed by atoms with E-state index in [0.717, 1.165) is 15.3 Å². The summed E-state index contributed by atoms with van der Waals surface area (Å²) in [4.78, 5) is 35.8. The number of fused-ring (bicyclic) bond motifs is 2. The zero-order valence-electron chi connectivity index (χ0n) is 11.7. The Bertz CT molecular complexity index is 1170. The van der Waals surface area contributed by atoms with Crippen LogP contribution in [0.2, 0.25) is 5.15 Å². The van der Waals surface area contributed by atoms with Crippen LogP contribution in [0.25, 0.3) is 27.5 Å². The van der Waals surface area contributed by atoms with Gasteiger partial charge in [0.15, 0.2) is 0 Å². The van der Waals surface area contributed by atoms with E-state index in [9.17, 15) is 9.59 Å². The molecule has 4 rings (SSSR count). The predicted octanol–water partition coefficient (Wildman–Crippen LogP) is 2.28. The van der Waals surface area contributed by atoms with Gasteiger partial charge in [-0.05, 0) is 12.1 Å². The topological polar surface area (TPSA) is 80.6 Å². The molecule has 0 unspecified atom stereocenters.